The van der Waals surface area contributed by atoms with Crippen LogP contribution < -0.4 is 4.74 Å². The fourth-order valence-corrected chi connectivity index (χ4v) is 3.75. The number of para-hydroxylation sites is 2. The molecule has 0 amide bonds. The second-order valence-corrected chi connectivity index (χ2v) is 6.98. The third-order valence-corrected chi connectivity index (χ3v) is 5.01. The average molecular weight is 406 g/mol. The highest BCUT2D eigenvalue weighted by Crippen LogP contribution is 2.38. The van der Waals surface area contributed by atoms with Crippen molar-refractivity contribution in [3.8, 4) is 5.75 Å². The molecule has 0 saturated heterocycles. The number of benzene rings is 3. The Hall–Kier alpha value is -2.72. The van der Waals surface area contributed by atoms with Crippen molar-refractivity contribution >= 4 is 33.1 Å². The zero-order chi connectivity index (χ0) is 18.1. The van der Waals surface area contributed by atoms with Crippen molar-refractivity contribution in [3.05, 3.63) is 94.0 Å². The molecule has 0 unspecified atom stereocenters. The minimum Gasteiger partial charge on any atom is -0.494 e. The van der Waals surface area contributed by atoms with Crippen molar-refractivity contribution in [2.75, 3.05) is 7.11 Å². The van der Waals surface area contributed by atoms with Gasteiger partial charge in [-0.3, -0.25) is 4.79 Å². The summed E-state index contributed by atoms with van der Waals surface area (Å²) in [5.74, 6) is 0.340. The lowest BCUT2D eigenvalue weighted by molar-refractivity contribution is 0.0988. The number of halogens is 1. The molecule has 0 aromatic heterocycles. The molecule has 0 aliphatic heterocycles. The number of Topliss-reactive ketones (excluding diaryl/α,β-unsaturated/α-hetero) is 1. The number of fused-ring (bicyclic) bond motifs is 1. The summed E-state index contributed by atoms with van der Waals surface area (Å²) in [4.78, 5) is 18.0. The lowest BCUT2D eigenvalue weighted by Crippen LogP contribution is -2.13. The van der Waals surface area contributed by atoms with Crippen LogP contribution in [0.5, 0.6) is 5.75 Å². The highest BCUT2D eigenvalue weighted by Gasteiger charge is 2.37. The number of ketones is 1. The Bertz CT molecular complexity index is 1030. The number of carbonyl (C=O) groups is 1. The van der Waals surface area contributed by atoms with Gasteiger partial charge in [-0.15, -0.1) is 0 Å². The molecule has 4 heteroatoms. The highest BCUT2D eigenvalue weighted by atomic mass is 79.9. The molecule has 0 saturated carbocycles. The summed E-state index contributed by atoms with van der Waals surface area (Å²) >= 11 is 3.50. The van der Waals surface area contributed by atoms with Crippen molar-refractivity contribution < 1.29 is 9.53 Å². The van der Waals surface area contributed by atoms with E-state index >= 15 is 0 Å². The molecule has 4 rings (SSSR count). The van der Waals surface area contributed by atoms with E-state index in [9.17, 15) is 4.79 Å². The SMILES string of the molecule is COc1ccccc1N=C1c2ccccc2C(=O)[C@H]1c1cccc(Br)c1. The Labute approximate surface area is 160 Å². The maximum absolute atomic E-state index is 13.1. The van der Waals surface area contributed by atoms with Crippen LogP contribution in [0.3, 0.4) is 0 Å². The number of aliphatic imine (C=N–C) groups is 1. The van der Waals surface area contributed by atoms with Gasteiger partial charge in [0, 0.05) is 15.6 Å². The molecule has 1 aliphatic rings. The Morgan fingerprint density at radius 2 is 1.65 bits per heavy atom. The molecule has 0 bridgehead atoms. The summed E-state index contributed by atoms with van der Waals surface area (Å²) in [5.41, 5.74) is 4.00. The number of ether oxygens (including phenoxy) is 1. The van der Waals surface area contributed by atoms with Crippen LogP contribution in [0.4, 0.5) is 5.69 Å². The highest BCUT2D eigenvalue weighted by molar-refractivity contribution is 9.10. The monoisotopic (exact) mass is 405 g/mol. The number of carbonyl (C=O) groups excluding carboxylic acids is 1. The normalized spacial score (nSPS) is 17.4. The van der Waals surface area contributed by atoms with Gasteiger partial charge in [-0.1, -0.05) is 64.5 Å². The topological polar surface area (TPSA) is 38.7 Å². The van der Waals surface area contributed by atoms with Crippen LogP contribution in [0.25, 0.3) is 0 Å². The van der Waals surface area contributed by atoms with Crippen molar-refractivity contribution in [2.45, 2.75) is 5.92 Å². The van der Waals surface area contributed by atoms with E-state index in [-0.39, 0.29) is 5.78 Å². The second-order valence-electron chi connectivity index (χ2n) is 6.07. The van der Waals surface area contributed by atoms with Crippen LogP contribution in [0, 0.1) is 0 Å². The predicted octanol–water partition coefficient (Wildman–Crippen LogP) is 5.56. The zero-order valence-electron chi connectivity index (χ0n) is 14.1. The van der Waals surface area contributed by atoms with Gasteiger partial charge in [0.15, 0.2) is 5.78 Å². The van der Waals surface area contributed by atoms with E-state index in [1.54, 1.807) is 7.11 Å². The summed E-state index contributed by atoms with van der Waals surface area (Å²) in [6.07, 6.45) is 0. The summed E-state index contributed by atoms with van der Waals surface area (Å²) in [6, 6.07) is 23.1. The van der Waals surface area contributed by atoms with Gasteiger partial charge in [-0.05, 0) is 29.8 Å². The van der Waals surface area contributed by atoms with Crippen LogP contribution in [0.1, 0.15) is 27.4 Å². The first-order valence-electron chi connectivity index (χ1n) is 8.29. The van der Waals surface area contributed by atoms with Crippen LogP contribution in [0.15, 0.2) is 82.3 Å². The van der Waals surface area contributed by atoms with Crippen molar-refractivity contribution in [1.29, 1.82) is 0 Å². The van der Waals surface area contributed by atoms with Gasteiger partial charge in [0.05, 0.1) is 18.7 Å². The Morgan fingerprint density at radius 1 is 0.923 bits per heavy atom. The molecule has 0 fully saturated rings. The number of hydrogen-bond donors (Lipinski definition) is 0. The van der Waals surface area contributed by atoms with Crippen LogP contribution in [0.2, 0.25) is 0 Å². The molecular weight excluding hydrogens is 390 g/mol. The van der Waals surface area contributed by atoms with Crippen LogP contribution >= 0.6 is 15.9 Å². The third-order valence-electron chi connectivity index (χ3n) is 4.51. The molecule has 0 N–H and O–H groups in total. The van der Waals surface area contributed by atoms with E-state index in [1.165, 1.54) is 0 Å². The smallest absolute Gasteiger partial charge is 0.176 e. The first-order chi connectivity index (χ1) is 12.7. The first-order valence-corrected chi connectivity index (χ1v) is 9.09. The van der Waals surface area contributed by atoms with E-state index in [2.05, 4.69) is 15.9 Å². The fourth-order valence-electron chi connectivity index (χ4n) is 3.33. The third kappa shape index (κ3) is 2.86. The molecule has 3 nitrogen and oxygen atoms in total. The minimum atomic E-state index is -0.421. The predicted molar refractivity (Wildman–Crippen MR) is 107 cm³/mol. The molecule has 0 spiro atoms. The zero-order valence-corrected chi connectivity index (χ0v) is 15.7. The molecular formula is C22H16BrNO2. The molecule has 1 aliphatic carbocycles. The Morgan fingerprint density at radius 3 is 2.42 bits per heavy atom. The van der Waals surface area contributed by atoms with Crippen molar-refractivity contribution in [3.63, 3.8) is 0 Å². The summed E-state index contributed by atoms with van der Waals surface area (Å²) < 4.78 is 6.37. The van der Waals surface area contributed by atoms with Gasteiger partial charge in [-0.25, -0.2) is 4.99 Å². The van der Waals surface area contributed by atoms with E-state index in [4.69, 9.17) is 9.73 Å². The number of hydrogen-bond acceptors (Lipinski definition) is 3. The quantitative estimate of drug-likeness (QED) is 0.571. The molecule has 26 heavy (non-hydrogen) atoms. The Kier molecular flexibility index (Phi) is 4.43. The first kappa shape index (κ1) is 16.7. The minimum absolute atomic E-state index is 0.0762. The lowest BCUT2D eigenvalue weighted by Gasteiger charge is -2.12. The van der Waals surface area contributed by atoms with Gasteiger partial charge in [0.2, 0.25) is 0 Å². The van der Waals surface area contributed by atoms with Gasteiger partial charge in [0.1, 0.15) is 11.4 Å². The fraction of sp³-hybridized carbons (Fsp3) is 0.0909. The number of nitrogens with zero attached hydrogens (tertiary/aromatic N) is 1. The largest absolute Gasteiger partial charge is 0.494 e. The van der Waals surface area contributed by atoms with E-state index in [0.29, 0.717) is 11.3 Å². The van der Waals surface area contributed by atoms with Crippen molar-refractivity contribution in [1.82, 2.24) is 0 Å². The van der Waals surface area contributed by atoms with Crippen LogP contribution in [-0.2, 0) is 0 Å². The number of rotatable bonds is 3. The molecule has 128 valence electrons. The summed E-state index contributed by atoms with van der Waals surface area (Å²) in [6.45, 7) is 0. The van der Waals surface area contributed by atoms with Gasteiger partial charge in [-0.2, -0.15) is 0 Å². The molecule has 0 radical (unpaired) electrons. The van der Waals surface area contributed by atoms with E-state index < -0.39 is 5.92 Å². The van der Waals surface area contributed by atoms with Gasteiger partial charge in [0.25, 0.3) is 0 Å². The van der Waals surface area contributed by atoms with Crippen molar-refractivity contribution in [2.24, 2.45) is 4.99 Å². The number of methoxy groups -OCH3 is 1. The maximum Gasteiger partial charge on any atom is 0.176 e. The lowest BCUT2D eigenvalue weighted by atomic mass is 9.93. The molecule has 3 aromatic rings. The molecule has 3 aromatic carbocycles. The van der Waals surface area contributed by atoms with E-state index in [0.717, 1.165) is 27.0 Å². The summed E-state index contributed by atoms with van der Waals surface area (Å²) in [5, 5.41) is 0. The van der Waals surface area contributed by atoms with Gasteiger partial charge < -0.3 is 4.74 Å². The maximum atomic E-state index is 13.1. The summed E-state index contributed by atoms with van der Waals surface area (Å²) in [7, 11) is 1.62. The molecule has 1 atom stereocenters. The molecule has 0 heterocycles. The average Bonchev–Trinajstić information content (AvgIpc) is 2.94. The standard InChI is InChI=1S/C22H16BrNO2/c1-26-19-12-5-4-11-18(19)24-21-16-9-2-3-10-17(16)22(25)20(21)14-7-6-8-15(23)13-14/h2-13,20H,1H3/t20-/m0/s1. The Balaban J connectivity index is 1.93. The van der Waals surface area contributed by atoms with Gasteiger partial charge >= 0.3 is 0 Å². The van der Waals surface area contributed by atoms with Crippen LogP contribution in [-0.4, -0.2) is 18.6 Å². The second kappa shape index (κ2) is 6.89. The van der Waals surface area contributed by atoms with E-state index in [1.807, 2.05) is 72.8 Å².